The highest BCUT2D eigenvalue weighted by Gasteiger charge is 2.17. The summed E-state index contributed by atoms with van der Waals surface area (Å²) in [6.07, 6.45) is 6.72. The minimum atomic E-state index is 0.719. The lowest BCUT2D eigenvalue weighted by Gasteiger charge is -2.30. The molecule has 0 aromatic heterocycles. The summed E-state index contributed by atoms with van der Waals surface area (Å²) in [7, 11) is 4.07. The smallest absolute Gasteiger partial charge is 0.191 e. The molecule has 2 N–H and O–H groups in total. The van der Waals surface area contributed by atoms with Gasteiger partial charge in [0.25, 0.3) is 0 Å². The molecule has 1 aromatic rings. The molecule has 1 atom stereocenters. The molecule has 0 saturated carbocycles. The predicted octanol–water partition coefficient (Wildman–Crippen LogP) is 2.68. The van der Waals surface area contributed by atoms with Crippen LogP contribution in [0.3, 0.4) is 0 Å². The van der Waals surface area contributed by atoms with Crippen molar-refractivity contribution in [3.05, 3.63) is 35.4 Å². The zero-order valence-electron chi connectivity index (χ0n) is 17.2. The largest absolute Gasteiger partial charge is 0.356 e. The van der Waals surface area contributed by atoms with Gasteiger partial charge in [-0.15, -0.1) is 0 Å². The Balaban J connectivity index is 1.39. The second-order valence-corrected chi connectivity index (χ2v) is 8.23. The van der Waals surface area contributed by atoms with Gasteiger partial charge in [-0.1, -0.05) is 30.7 Å². The zero-order valence-corrected chi connectivity index (χ0v) is 17.2. The van der Waals surface area contributed by atoms with Gasteiger partial charge in [0.2, 0.25) is 0 Å². The fourth-order valence-corrected chi connectivity index (χ4v) is 4.23. The van der Waals surface area contributed by atoms with E-state index in [0.29, 0.717) is 0 Å². The van der Waals surface area contributed by atoms with E-state index in [9.17, 15) is 0 Å². The fourth-order valence-electron chi connectivity index (χ4n) is 4.23. The Hall–Kier alpha value is -1.59. The quantitative estimate of drug-likeness (QED) is 0.596. The normalized spacial score (nSPS) is 22.6. The van der Waals surface area contributed by atoms with E-state index in [-0.39, 0.29) is 0 Å². The number of hydrogen-bond donors (Lipinski definition) is 2. The number of nitrogens with zero attached hydrogens (tertiary/aromatic N) is 3. The molecule has 5 heteroatoms. The molecule has 0 aliphatic carbocycles. The minimum absolute atomic E-state index is 0.719. The van der Waals surface area contributed by atoms with Crippen molar-refractivity contribution in [3.8, 4) is 0 Å². The monoisotopic (exact) mass is 371 g/mol. The first kappa shape index (κ1) is 20.2. The molecule has 2 saturated heterocycles. The zero-order chi connectivity index (χ0) is 18.9. The number of aliphatic imine (C=N–C) groups is 1. The lowest BCUT2D eigenvalue weighted by atomic mass is 9.99. The molecular formula is C22H37N5. The minimum Gasteiger partial charge on any atom is -0.356 e. The van der Waals surface area contributed by atoms with E-state index in [4.69, 9.17) is 0 Å². The van der Waals surface area contributed by atoms with Gasteiger partial charge >= 0.3 is 0 Å². The number of benzene rings is 1. The summed E-state index contributed by atoms with van der Waals surface area (Å²) in [5.74, 6) is 1.62. The Bertz CT molecular complexity index is 577. The van der Waals surface area contributed by atoms with Crippen molar-refractivity contribution in [1.29, 1.82) is 0 Å². The molecule has 5 nitrogen and oxygen atoms in total. The van der Waals surface area contributed by atoms with Crippen molar-refractivity contribution in [2.24, 2.45) is 10.9 Å². The summed E-state index contributed by atoms with van der Waals surface area (Å²) in [6, 6.07) is 9.05. The molecule has 0 spiro atoms. The Morgan fingerprint density at radius 1 is 1.00 bits per heavy atom. The van der Waals surface area contributed by atoms with E-state index < -0.39 is 0 Å². The molecule has 3 rings (SSSR count). The molecule has 1 aromatic carbocycles. The SMILES string of the molecule is CN=C(NCc1ccc(CN2CCCCC2)cc1)NCC1CCCN(C)C1. The molecule has 0 amide bonds. The Morgan fingerprint density at radius 3 is 2.44 bits per heavy atom. The van der Waals surface area contributed by atoms with Gasteiger partial charge in [0.1, 0.15) is 0 Å². The van der Waals surface area contributed by atoms with Crippen molar-refractivity contribution in [2.45, 2.75) is 45.2 Å². The van der Waals surface area contributed by atoms with Gasteiger partial charge < -0.3 is 15.5 Å². The lowest BCUT2D eigenvalue weighted by Crippen LogP contribution is -2.43. The van der Waals surface area contributed by atoms with Crippen molar-refractivity contribution >= 4 is 5.96 Å². The summed E-state index contributed by atoms with van der Waals surface area (Å²) < 4.78 is 0. The van der Waals surface area contributed by atoms with Gasteiger partial charge in [0.05, 0.1) is 0 Å². The molecule has 0 radical (unpaired) electrons. The van der Waals surface area contributed by atoms with Crippen LogP contribution in [-0.4, -0.2) is 62.6 Å². The number of rotatable bonds is 6. The van der Waals surface area contributed by atoms with Crippen LogP contribution in [0, 0.1) is 5.92 Å². The van der Waals surface area contributed by atoms with Crippen LogP contribution in [-0.2, 0) is 13.1 Å². The maximum absolute atomic E-state index is 4.38. The molecular weight excluding hydrogens is 334 g/mol. The second-order valence-electron chi connectivity index (χ2n) is 8.23. The molecule has 27 heavy (non-hydrogen) atoms. The van der Waals surface area contributed by atoms with Gasteiger partial charge in [-0.05, 0) is 69.4 Å². The topological polar surface area (TPSA) is 42.9 Å². The predicted molar refractivity (Wildman–Crippen MR) is 114 cm³/mol. The van der Waals surface area contributed by atoms with E-state index in [1.807, 2.05) is 7.05 Å². The van der Waals surface area contributed by atoms with Gasteiger partial charge in [0, 0.05) is 33.2 Å². The molecule has 1 unspecified atom stereocenters. The summed E-state index contributed by atoms with van der Waals surface area (Å²) in [5, 5.41) is 6.95. The molecule has 2 aliphatic rings. The van der Waals surface area contributed by atoms with Crippen LogP contribution in [0.15, 0.2) is 29.3 Å². The van der Waals surface area contributed by atoms with E-state index in [2.05, 4.69) is 56.7 Å². The summed E-state index contributed by atoms with van der Waals surface area (Å²) in [6.45, 7) is 7.82. The van der Waals surface area contributed by atoms with Crippen LogP contribution in [0.2, 0.25) is 0 Å². The third-order valence-electron chi connectivity index (χ3n) is 5.84. The standard InChI is InChI=1S/C22H37N5/c1-23-22(25-16-21-7-6-12-26(2)17-21)24-15-19-8-10-20(11-9-19)18-27-13-4-3-5-14-27/h8-11,21H,3-7,12-18H2,1-2H3,(H2,23,24,25). The van der Waals surface area contributed by atoms with Crippen LogP contribution >= 0.6 is 0 Å². The van der Waals surface area contributed by atoms with Crippen LogP contribution < -0.4 is 10.6 Å². The third kappa shape index (κ3) is 6.82. The Morgan fingerprint density at radius 2 is 1.74 bits per heavy atom. The van der Waals surface area contributed by atoms with Gasteiger partial charge in [-0.25, -0.2) is 0 Å². The average molecular weight is 372 g/mol. The number of likely N-dealkylation sites (tertiary alicyclic amines) is 2. The number of guanidine groups is 1. The molecule has 2 aliphatic heterocycles. The maximum Gasteiger partial charge on any atom is 0.191 e. The number of nitrogens with one attached hydrogen (secondary N) is 2. The number of piperidine rings is 2. The summed E-state index contributed by atoms with van der Waals surface area (Å²) >= 11 is 0. The van der Waals surface area contributed by atoms with E-state index in [1.165, 1.54) is 69.4 Å². The molecule has 0 bridgehead atoms. The van der Waals surface area contributed by atoms with E-state index in [1.54, 1.807) is 0 Å². The lowest BCUT2D eigenvalue weighted by molar-refractivity contribution is 0.210. The summed E-state index contributed by atoms with van der Waals surface area (Å²) in [5.41, 5.74) is 2.72. The van der Waals surface area contributed by atoms with Crippen LogP contribution in [0.25, 0.3) is 0 Å². The van der Waals surface area contributed by atoms with Crippen LogP contribution in [0.4, 0.5) is 0 Å². The highest BCUT2D eigenvalue weighted by atomic mass is 15.2. The molecule has 2 fully saturated rings. The highest BCUT2D eigenvalue weighted by Crippen LogP contribution is 2.14. The van der Waals surface area contributed by atoms with E-state index in [0.717, 1.165) is 31.5 Å². The van der Waals surface area contributed by atoms with E-state index >= 15 is 0 Å². The van der Waals surface area contributed by atoms with Crippen molar-refractivity contribution in [1.82, 2.24) is 20.4 Å². The van der Waals surface area contributed by atoms with Gasteiger partial charge in [-0.2, -0.15) is 0 Å². The van der Waals surface area contributed by atoms with Crippen molar-refractivity contribution in [3.63, 3.8) is 0 Å². The highest BCUT2D eigenvalue weighted by molar-refractivity contribution is 5.79. The first-order valence-corrected chi connectivity index (χ1v) is 10.7. The second kappa shape index (κ2) is 10.7. The van der Waals surface area contributed by atoms with Crippen molar-refractivity contribution < 1.29 is 0 Å². The Labute approximate surface area is 165 Å². The fraction of sp³-hybridized carbons (Fsp3) is 0.682. The average Bonchev–Trinajstić information content (AvgIpc) is 2.70. The van der Waals surface area contributed by atoms with Crippen molar-refractivity contribution in [2.75, 3.05) is 46.8 Å². The molecule has 2 heterocycles. The first-order chi connectivity index (χ1) is 13.2. The Kier molecular flexibility index (Phi) is 7.96. The van der Waals surface area contributed by atoms with Crippen LogP contribution in [0.5, 0.6) is 0 Å². The van der Waals surface area contributed by atoms with Gasteiger partial charge in [0.15, 0.2) is 5.96 Å². The first-order valence-electron chi connectivity index (χ1n) is 10.7. The maximum atomic E-state index is 4.38. The summed E-state index contributed by atoms with van der Waals surface area (Å²) in [4.78, 5) is 9.38. The third-order valence-corrected chi connectivity index (χ3v) is 5.84. The van der Waals surface area contributed by atoms with Crippen LogP contribution in [0.1, 0.15) is 43.2 Å². The van der Waals surface area contributed by atoms with Gasteiger partial charge in [-0.3, -0.25) is 9.89 Å². The molecule has 150 valence electrons. The number of hydrogen-bond acceptors (Lipinski definition) is 3.